The van der Waals surface area contributed by atoms with Crippen molar-refractivity contribution in [2.75, 3.05) is 38.5 Å². The number of methoxy groups -OCH3 is 2. The molecule has 0 fully saturated rings. The van der Waals surface area contributed by atoms with Crippen LogP contribution >= 0.6 is 0 Å². The summed E-state index contributed by atoms with van der Waals surface area (Å²) in [5.41, 5.74) is 6.50. The molecule has 0 saturated heterocycles. The largest absolute Gasteiger partial charge is 0.382 e. The fourth-order valence-electron chi connectivity index (χ4n) is 3.22. The van der Waals surface area contributed by atoms with E-state index in [-0.39, 0.29) is 23.1 Å². The molecule has 0 aliphatic carbocycles. The van der Waals surface area contributed by atoms with Gasteiger partial charge in [0.2, 0.25) is 5.95 Å². The Balaban J connectivity index is 2.23. The number of ether oxygens (including phenoxy) is 2. The lowest BCUT2D eigenvalue weighted by molar-refractivity contribution is 0.0881. The van der Waals surface area contributed by atoms with Crippen LogP contribution in [0.3, 0.4) is 0 Å². The first-order chi connectivity index (χ1) is 14.2. The fraction of sp³-hybridized carbons (Fsp3) is 0.429. The van der Waals surface area contributed by atoms with Crippen LogP contribution in [0.2, 0.25) is 0 Å². The number of hydrogen-bond donors (Lipinski definition) is 2. The molecule has 3 aromatic rings. The Morgan fingerprint density at radius 3 is 2.37 bits per heavy atom. The van der Waals surface area contributed by atoms with E-state index in [1.165, 1.54) is 0 Å². The van der Waals surface area contributed by atoms with Gasteiger partial charge in [-0.15, -0.1) is 0 Å². The third-order valence-electron chi connectivity index (χ3n) is 4.49. The zero-order valence-corrected chi connectivity index (χ0v) is 18.0. The molecule has 0 spiro atoms. The number of fused-ring (bicyclic) bond motifs is 1. The van der Waals surface area contributed by atoms with Gasteiger partial charge in [-0.05, 0) is 38.3 Å². The van der Waals surface area contributed by atoms with Crippen LogP contribution in [0.15, 0.2) is 35.5 Å². The number of nitrogens with zero attached hydrogens (tertiary/aromatic N) is 4. The van der Waals surface area contributed by atoms with Gasteiger partial charge in [0.15, 0.2) is 0 Å². The summed E-state index contributed by atoms with van der Waals surface area (Å²) in [6.45, 7) is 6.75. The maximum atomic E-state index is 13.4. The van der Waals surface area contributed by atoms with E-state index in [1.54, 1.807) is 37.4 Å². The molecule has 0 atom stereocenters. The molecule has 3 N–H and O–H groups in total. The van der Waals surface area contributed by atoms with Gasteiger partial charge in [0.25, 0.3) is 5.56 Å². The van der Waals surface area contributed by atoms with E-state index in [2.05, 4.69) is 15.3 Å². The Bertz CT molecular complexity index is 1070. The summed E-state index contributed by atoms with van der Waals surface area (Å²) in [6, 6.07) is 3.50. The molecular formula is C21H28N6O3. The Morgan fingerprint density at radius 2 is 1.80 bits per heavy atom. The number of nitrogens with one attached hydrogen (secondary N) is 1. The van der Waals surface area contributed by atoms with Crippen molar-refractivity contribution in [2.45, 2.75) is 32.4 Å². The number of anilines is 2. The minimum atomic E-state index is -0.304. The Morgan fingerprint density at radius 1 is 1.17 bits per heavy atom. The third-order valence-corrected chi connectivity index (χ3v) is 4.49. The van der Waals surface area contributed by atoms with E-state index in [0.717, 1.165) is 5.39 Å². The predicted molar refractivity (Wildman–Crippen MR) is 118 cm³/mol. The van der Waals surface area contributed by atoms with Crippen LogP contribution in [0.25, 0.3) is 22.0 Å². The van der Waals surface area contributed by atoms with Crippen molar-refractivity contribution in [1.29, 1.82) is 0 Å². The Kier molecular flexibility index (Phi) is 6.33. The molecule has 30 heavy (non-hydrogen) atoms. The van der Waals surface area contributed by atoms with Crippen molar-refractivity contribution in [1.82, 2.24) is 19.5 Å². The standard InChI is InChI=1S/C21H28N6O3/c1-21(2,3)26-18-17-13(8-16(25-18)14-9-23-20(22)24-10-14)6-7-27(19(17)28)15(11-29-4)12-30-5/h6-10,15H,11-12H2,1-5H3,(H,25,26)(H2,22,23,24). The molecule has 9 nitrogen and oxygen atoms in total. The summed E-state index contributed by atoms with van der Waals surface area (Å²) >= 11 is 0. The molecule has 0 unspecified atom stereocenters. The molecule has 9 heteroatoms. The van der Waals surface area contributed by atoms with Crippen LogP contribution in [-0.4, -0.2) is 52.5 Å². The van der Waals surface area contributed by atoms with Crippen molar-refractivity contribution in [2.24, 2.45) is 0 Å². The minimum absolute atomic E-state index is 0.161. The van der Waals surface area contributed by atoms with Crippen LogP contribution in [0.4, 0.5) is 11.8 Å². The summed E-state index contributed by atoms with van der Waals surface area (Å²) in [7, 11) is 3.20. The van der Waals surface area contributed by atoms with Gasteiger partial charge in [0.1, 0.15) is 5.82 Å². The molecule has 3 heterocycles. The molecule has 3 rings (SSSR count). The van der Waals surface area contributed by atoms with Gasteiger partial charge in [0.05, 0.1) is 30.3 Å². The van der Waals surface area contributed by atoms with E-state index in [9.17, 15) is 4.79 Å². The zero-order chi connectivity index (χ0) is 21.9. The van der Waals surface area contributed by atoms with E-state index < -0.39 is 0 Å². The number of nitrogen functional groups attached to an aromatic ring is 1. The summed E-state index contributed by atoms with van der Waals surface area (Å²) in [6.07, 6.45) is 5.00. The second kappa shape index (κ2) is 8.76. The third kappa shape index (κ3) is 4.74. The quantitative estimate of drug-likeness (QED) is 0.608. The SMILES string of the molecule is COCC(COC)n1ccc2cc(-c3cnc(N)nc3)nc(NC(C)(C)C)c2c1=O. The smallest absolute Gasteiger partial charge is 0.262 e. The summed E-state index contributed by atoms with van der Waals surface area (Å²) in [5.74, 6) is 0.692. The van der Waals surface area contributed by atoms with E-state index in [1.807, 2.05) is 32.9 Å². The van der Waals surface area contributed by atoms with Crippen molar-refractivity contribution >= 4 is 22.5 Å². The monoisotopic (exact) mass is 412 g/mol. The second-order valence-corrected chi connectivity index (χ2v) is 8.12. The predicted octanol–water partition coefficient (Wildman–Crippen LogP) is 2.48. The van der Waals surface area contributed by atoms with Crippen LogP contribution in [0.5, 0.6) is 0 Å². The Labute approximate surface area is 175 Å². The van der Waals surface area contributed by atoms with Crippen LogP contribution < -0.4 is 16.6 Å². The molecular weight excluding hydrogens is 384 g/mol. The number of hydrogen-bond acceptors (Lipinski definition) is 8. The molecule has 0 aliphatic heterocycles. The topological polar surface area (TPSA) is 117 Å². The number of aromatic nitrogens is 4. The first kappa shape index (κ1) is 21.7. The number of nitrogens with two attached hydrogens (primary N) is 1. The normalized spacial score (nSPS) is 11.9. The number of rotatable bonds is 7. The molecule has 0 aliphatic rings. The highest BCUT2D eigenvalue weighted by Crippen LogP contribution is 2.27. The summed E-state index contributed by atoms with van der Waals surface area (Å²) in [5, 5.41) is 4.63. The van der Waals surface area contributed by atoms with Gasteiger partial charge < -0.3 is 25.1 Å². The molecule has 3 aromatic heterocycles. The molecule has 160 valence electrons. The number of pyridine rings is 2. The lowest BCUT2D eigenvalue weighted by Crippen LogP contribution is -2.32. The lowest BCUT2D eigenvalue weighted by Gasteiger charge is -2.24. The highest BCUT2D eigenvalue weighted by molar-refractivity contribution is 5.94. The highest BCUT2D eigenvalue weighted by atomic mass is 16.5. The van der Waals surface area contributed by atoms with Gasteiger partial charge in [-0.3, -0.25) is 4.79 Å². The Hall–Kier alpha value is -3.04. The maximum absolute atomic E-state index is 13.4. The van der Waals surface area contributed by atoms with E-state index >= 15 is 0 Å². The van der Waals surface area contributed by atoms with Crippen molar-refractivity contribution in [3.8, 4) is 11.3 Å². The average molecular weight is 412 g/mol. The van der Waals surface area contributed by atoms with Gasteiger partial charge in [-0.25, -0.2) is 15.0 Å². The molecule has 0 amide bonds. The molecule has 0 bridgehead atoms. The minimum Gasteiger partial charge on any atom is -0.382 e. The van der Waals surface area contributed by atoms with Gasteiger partial charge in [0, 0.05) is 43.9 Å². The highest BCUT2D eigenvalue weighted by Gasteiger charge is 2.20. The van der Waals surface area contributed by atoms with Crippen molar-refractivity contribution < 1.29 is 9.47 Å². The first-order valence-corrected chi connectivity index (χ1v) is 9.63. The van der Waals surface area contributed by atoms with Crippen LogP contribution in [-0.2, 0) is 9.47 Å². The van der Waals surface area contributed by atoms with Gasteiger partial charge in [-0.1, -0.05) is 0 Å². The van der Waals surface area contributed by atoms with Crippen molar-refractivity contribution in [3.05, 3.63) is 41.1 Å². The van der Waals surface area contributed by atoms with Crippen molar-refractivity contribution in [3.63, 3.8) is 0 Å². The first-order valence-electron chi connectivity index (χ1n) is 9.63. The van der Waals surface area contributed by atoms with Gasteiger partial charge in [-0.2, -0.15) is 0 Å². The lowest BCUT2D eigenvalue weighted by atomic mass is 10.1. The second-order valence-electron chi connectivity index (χ2n) is 8.12. The van der Waals surface area contributed by atoms with E-state index in [0.29, 0.717) is 35.7 Å². The van der Waals surface area contributed by atoms with E-state index in [4.69, 9.17) is 20.2 Å². The van der Waals surface area contributed by atoms with Crippen LogP contribution in [0, 0.1) is 0 Å². The summed E-state index contributed by atoms with van der Waals surface area (Å²) in [4.78, 5) is 26.3. The summed E-state index contributed by atoms with van der Waals surface area (Å²) < 4.78 is 12.2. The molecule has 0 aromatic carbocycles. The molecule has 0 radical (unpaired) electrons. The van der Waals surface area contributed by atoms with Crippen LogP contribution in [0.1, 0.15) is 26.8 Å². The fourth-order valence-corrected chi connectivity index (χ4v) is 3.22. The molecule has 0 saturated carbocycles. The average Bonchev–Trinajstić information content (AvgIpc) is 2.67. The zero-order valence-electron chi connectivity index (χ0n) is 18.0. The van der Waals surface area contributed by atoms with Gasteiger partial charge >= 0.3 is 0 Å². The maximum Gasteiger partial charge on any atom is 0.262 e.